The molecule has 0 radical (unpaired) electrons. The van der Waals surface area contributed by atoms with Gasteiger partial charge in [0, 0.05) is 5.69 Å². The Morgan fingerprint density at radius 3 is 2.50 bits per heavy atom. The number of hydrogen-bond acceptors (Lipinski definition) is 2. The molecule has 3 heteroatoms. The van der Waals surface area contributed by atoms with Crippen LogP contribution < -0.4 is 5.73 Å². The molecule has 1 rings (SSSR count). The smallest absolute Gasteiger partial charge is 0.336 e. The average molecular weight is 193 g/mol. The fraction of sp³-hybridized carbons (Fsp3) is 0.364. The van der Waals surface area contributed by atoms with Crippen molar-refractivity contribution < 1.29 is 9.90 Å². The molecule has 1 aromatic carbocycles. The summed E-state index contributed by atoms with van der Waals surface area (Å²) in [6, 6.07) is 1.69. The van der Waals surface area contributed by atoms with Gasteiger partial charge in [-0.25, -0.2) is 4.79 Å². The number of anilines is 1. The summed E-state index contributed by atoms with van der Waals surface area (Å²) in [5.41, 5.74) is 9.45. The number of carboxylic acid groups (broad SMARTS) is 1. The van der Waals surface area contributed by atoms with E-state index in [4.69, 9.17) is 10.8 Å². The Bertz CT molecular complexity index is 383. The Labute approximate surface area is 83.6 Å². The summed E-state index contributed by atoms with van der Waals surface area (Å²) in [4.78, 5) is 10.9. The fourth-order valence-corrected chi connectivity index (χ4v) is 1.57. The van der Waals surface area contributed by atoms with Gasteiger partial charge in [-0.05, 0) is 43.0 Å². The molecule has 0 fully saturated rings. The zero-order valence-electron chi connectivity index (χ0n) is 8.72. The van der Waals surface area contributed by atoms with Crippen molar-refractivity contribution in [2.45, 2.75) is 27.2 Å². The molecular formula is C11H15NO2. The Hall–Kier alpha value is -1.51. The quantitative estimate of drug-likeness (QED) is 0.707. The highest BCUT2D eigenvalue weighted by Gasteiger charge is 2.14. The second-order valence-corrected chi connectivity index (χ2v) is 3.42. The lowest BCUT2D eigenvalue weighted by molar-refractivity contribution is 0.0695. The second kappa shape index (κ2) is 3.70. The molecule has 3 N–H and O–H groups in total. The molecule has 0 aliphatic carbocycles. The van der Waals surface area contributed by atoms with Crippen molar-refractivity contribution in [2.75, 3.05) is 5.73 Å². The normalized spacial score (nSPS) is 10.2. The summed E-state index contributed by atoms with van der Waals surface area (Å²) in [5, 5.41) is 8.98. The van der Waals surface area contributed by atoms with Crippen molar-refractivity contribution in [1.82, 2.24) is 0 Å². The summed E-state index contributed by atoms with van der Waals surface area (Å²) in [6.45, 7) is 5.69. The lowest BCUT2D eigenvalue weighted by atomic mass is 9.96. The molecule has 0 unspecified atom stereocenters. The zero-order chi connectivity index (χ0) is 10.9. The van der Waals surface area contributed by atoms with Crippen LogP contribution in [0, 0.1) is 13.8 Å². The van der Waals surface area contributed by atoms with Crippen molar-refractivity contribution in [3.05, 3.63) is 28.3 Å². The van der Waals surface area contributed by atoms with Gasteiger partial charge in [0.05, 0.1) is 5.56 Å². The number of aryl methyl sites for hydroxylation is 1. The third-order valence-electron chi connectivity index (χ3n) is 2.59. The van der Waals surface area contributed by atoms with Crippen molar-refractivity contribution in [1.29, 1.82) is 0 Å². The summed E-state index contributed by atoms with van der Waals surface area (Å²) in [5.74, 6) is -0.906. The van der Waals surface area contributed by atoms with E-state index in [1.54, 1.807) is 6.07 Å². The molecule has 0 atom stereocenters. The van der Waals surface area contributed by atoms with Gasteiger partial charge in [0.25, 0.3) is 0 Å². The van der Waals surface area contributed by atoms with Crippen LogP contribution in [0.3, 0.4) is 0 Å². The van der Waals surface area contributed by atoms with Crippen molar-refractivity contribution in [3.63, 3.8) is 0 Å². The van der Waals surface area contributed by atoms with Crippen molar-refractivity contribution >= 4 is 11.7 Å². The predicted octanol–water partition coefficient (Wildman–Crippen LogP) is 2.15. The van der Waals surface area contributed by atoms with Gasteiger partial charge in [0.1, 0.15) is 0 Å². The van der Waals surface area contributed by atoms with Crippen molar-refractivity contribution in [3.8, 4) is 0 Å². The predicted molar refractivity (Wildman–Crippen MR) is 56.7 cm³/mol. The van der Waals surface area contributed by atoms with Gasteiger partial charge in [0.15, 0.2) is 0 Å². The van der Waals surface area contributed by atoms with E-state index in [2.05, 4.69) is 0 Å². The number of benzene rings is 1. The summed E-state index contributed by atoms with van der Waals surface area (Å²) < 4.78 is 0. The maximum Gasteiger partial charge on any atom is 0.336 e. The van der Waals surface area contributed by atoms with E-state index in [1.807, 2.05) is 20.8 Å². The van der Waals surface area contributed by atoms with E-state index < -0.39 is 5.97 Å². The van der Waals surface area contributed by atoms with Gasteiger partial charge in [0.2, 0.25) is 0 Å². The number of hydrogen-bond donors (Lipinski definition) is 2. The number of aromatic carboxylic acids is 1. The minimum atomic E-state index is -0.906. The van der Waals surface area contributed by atoms with Gasteiger partial charge in [-0.3, -0.25) is 0 Å². The molecule has 0 saturated heterocycles. The molecule has 76 valence electrons. The first-order valence-electron chi connectivity index (χ1n) is 4.60. The van der Waals surface area contributed by atoms with Gasteiger partial charge in [-0.15, -0.1) is 0 Å². The van der Waals surface area contributed by atoms with Crippen LogP contribution in [0.5, 0.6) is 0 Å². The minimum absolute atomic E-state index is 0.327. The van der Waals surface area contributed by atoms with Crippen molar-refractivity contribution in [2.24, 2.45) is 0 Å². The van der Waals surface area contributed by atoms with E-state index in [0.29, 0.717) is 17.7 Å². The number of rotatable bonds is 2. The van der Waals surface area contributed by atoms with Crippen LogP contribution in [0.25, 0.3) is 0 Å². The van der Waals surface area contributed by atoms with E-state index in [9.17, 15) is 4.79 Å². The van der Waals surface area contributed by atoms with Crippen LogP contribution in [0.4, 0.5) is 5.69 Å². The lowest BCUT2D eigenvalue weighted by Gasteiger charge is -2.12. The van der Waals surface area contributed by atoms with E-state index in [1.165, 1.54) is 0 Å². The first-order valence-corrected chi connectivity index (χ1v) is 4.60. The van der Waals surface area contributed by atoms with Crippen LogP contribution in [0.15, 0.2) is 6.07 Å². The monoisotopic (exact) mass is 193 g/mol. The summed E-state index contributed by atoms with van der Waals surface area (Å²) >= 11 is 0. The highest BCUT2D eigenvalue weighted by atomic mass is 16.4. The number of nitrogens with two attached hydrogens (primary N) is 1. The van der Waals surface area contributed by atoms with Crippen LogP contribution in [0.1, 0.15) is 34.0 Å². The van der Waals surface area contributed by atoms with Crippen LogP contribution in [-0.4, -0.2) is 11.1 Å². The topological polar surface area (TPSA) is 63.3 Å². The van der Waals surface area contributed by atoms with E-state index >= 15 is 0 Å². The Balaban J connectivity index is 3.51. The highest BCUT2D eigenvalue weighted by molar-refractivity contribution is 5.92. The third kappa shape index (κ3) is 1.58. The number of carboxylic acids is 1. The van der Waals surface area contributed by atoms with E-state index in [0.717, 1.165) is 16.7 Å². The molecule has 0 aliphatic heterocycles. The maximum absolute atomic E-state index is 10.9. The first kappa shape index (κ1) is 10.6. The molecular weight excluding hydrogens is 178 g/mol. The molecule has 0 saturated carbocycles. The zero-order valence-corrected chi connectivity index (χ0v) is 8.72. The number of nitrogen functional groups attached to an aromatic ring is 1. The Morgan fingerprint density at radius 1 is 1.50 bits per heavy atom. The Kier molecular flexibility index (Phi) is 2.79. The molecule has 1 aromatic rings. The van der Waals surface area contributed by atoms with Gasteiger partial charge < -0.3 is 10.8 Å². The van der Waals surface area contributed by atoms with Crippen LogP contribution >= 0.6 is 0 Å². The Morgan fingerprint density at radius 2 is 2.07 bits per heavy atom. The van der Waals surface area contributed by atoms with Crippen LogP contribution in [0.2, 0.25) is 0 Å². The van der Waals surface area contributed by atoms with Gasteiger partial charge in [-0.2, -0.15) is 0 Å². The van der Waals surface area contributed by atoms with Crippen LogP contribution in [-0.2, 0) is 6.42 Å². The first-order chi connectivity index (χ1) is 6.49. The molecule has 0 bridgehead atoms. The SMILES string of the molecule is CCc1c(C(=O)O)cc(C)c(C)c1N. The molecule has 0 amide bonds. The molecule has 0 aromatic heterocycles. The fourth-order valence-electron chi connectivity index (χ4n) is 1.57. The number of carbonyl (C=O) groups is 1. The average Bonchev–Trinajstić information content (AvgIpc) is 2.13. The summed E-state index contributed by atoms with van der Waals surface area (Å²) in [7, 11) is 0. The molecule has 0 heterocycles. The minimum Gasteiger partial charge on any atom is -0.478 e. The second-order valence-electron chi connectivity index (χ2n) is 3.42. The van der Waals surface area contributed by atoms with E-state index in [-0.39, 0.29) is 0 Å². The third-order valence-corrected chi connectivity index (χ3v) is 2.59. The van der Waals surface area contributed by atoms with Gasteiger partial charge in [-0.1, -0.05) is 6.92 Å². The molecule has 0 aliphatic rings. The largest absolute Gasteiger partial charge is 0.478 e. The van der Waals surface area contributed by atoms with Gasteiger partial charge >= 0.3 is 5.97 Å². The maximum atomic E-state index is 10.9. The molecule has 3 nitrogen and oxygen atoms in total. The standard InChI is InChI=1S/C11H15NO2/c1-4-8-9(11(13)14)5-6(2)7(3)10(8)12/h5H,4,12H2,1-3H3,(H,13,14). The molecule has 0 spiro atoms. The molecule has 14 heavy (non-hydrogen) atoms. The highest BCUT2D eigenvalue weighted by Crippen LogP contribution is 2.25. The lowest BCUT2D eigenvalue weighted by Crippen LogP contribution is -2.08. The summed E-state index contributed by atoms with van der Waals surface area (Å²) in [6.07, 6.45) is 0.647.